The number of carbonyl (C=O) groups is 1. The van der Waals surface area contributed by atoms with Gasteiger partial charge in [0, 0.05) is 56.2 Å². The van der Waals surface area contributed by atoms with Crippen LogP contribution in [-0.2, 0) is 7.05 Å². The average molecular weight is 486 g/mol. The fraction of sp³-hybridized carbons (Fsp3) is 0.259. The van der Waals surface area contributed by atoms with Crippen LogP contribution in [0.5, 0.6) is 0 Å². The molecular formula is C27H28FN7O. The number of nitrogens with zero attached hydrogens (tertiary/aromatic N) is 6. The molecule has 5 rings (SSSR count). The van der Waals surface area contributed by atoms with Crippen LogP contribution in [0.25, 0.3) is 11.3 Å². The van der Waals surface area contributed by atoms with E-state index in [1.165, 1.54) is 17.7 Å². The van der Waals surface area contributed by atoms with Crippen LogP contribution in [0.2, 0.25) is 0 Å². The molecule has 2 aromatic carbocycles. The zero-order chi connectivity index (χ0) is 25.2. The van der Waals surface area contributed by atoms with Gasteiger partial charge in [0.05, 0.1) is 5.69 Å². The average Bonchev–Trinajstić information content (AvgIpc) is 3.26. The standard InChI is InChI=1S/C27H28FN7O/c1-18-4-10-22(11-5-18)30-27-29-19(2)16-25(31-27)34-12-14-35(15-13-34)26(36)24-17-23(32-33(24)3)20-6-8-21(28)9-7-20/h4-11,16-17H,12-15H2,1-3H3,(H,29,30,31). The lowest BCUT2D eigenvalue weighted by molar-refractivity contribution is 0.0735. The maximum absolute atomic E-state index is 13.3. The smallest absolute Gasteiger partial charge is 0.272 e. The molecule has 0 spiro atoms. The Morgan fingerprint density at radius 2 is 1.61 bits per heavy atom. The van der Waals surface area contributed by atoms with Crippen molar-refractivity contribution in [2.24, 2.45) is 7.05 Å². The second-order valence-electron chi connectivity index (χ2n) is 9.01. The lowest BCUT2D eigenvalue weighted by Gasteiger charge is -2.35. The number of anilines is 3. The summed E-state index contributed by atoms with van der Waals surface area (Å²) in [6.07, 6.45) is 0. The van der Waals surface area contributed by atoms with Gasteiger partial charge in [0.15, 0.2) is 0 Å². The summed E-state index contributed by atoms with van der Waals surface area (Å²) in [5.74, 6) is 1.01. The largest absolute Gasteiger partial charge is 0.353 e. The summed E-state index contributed by atoms with van der Waals surface area (Å²) in [7, 11) is 1.75. The van der Waals surface area contributed by atoms with Gasteiger partial charge in [0.25, 0.3) is 5.91 Å². The number of piperazine rings is 1. The zero-order valence-corrected chi connectivity index (χ0v) is 20.6. The molecule has 0 atom stereocenters. The molecule has 1 fully saturated rings. The maximum Gasteiger partial charge on any atom is 0.272 e. The van der Waals surface area contributed by atoms with Crippen molar-refractivity contribution in [2.45, 2.75) is 13.8 Å². The Morgan fingerprint density at radius 3 is 2.31 bits per heavy atom. The third kappa shape index (κ3) is 5.05. The van der Waals surface area contributed by atoms with E-state index in [2.05, 4.69) is 20.3 Å². The van der Waals surface area contributed by atoms with Gasteiger partial charge in [-0.25, -0.2) is 9.37 Å². The Balaban J connectivity index is 1.26. The predicted octanol–water partition coefficient (Wildman–Crippen LogP) is 4.34. The molecular weight excluding hydrogens is 457 g/mol. The number of hydrogen-bond acceptors (Lipinski definition) is 6. The molecule has 36 heavy (non-hydrogen) atoms. The maximum atomic E-state index is 13.3. The van der Waals surface area contributed by atoms with E-state index in [4.69, 9.17) is 4.98 Å². The first-order valence-corrected chi connectivity index (χ1v) is 11.9. The van der Waals surface area contributed by atoms with Crippen molar-refractivity contribution in [2.75, 3.05) is 36.4 Å². The highest BCUT2D eigenvalue weighted by atomic mass is 19.1. The summed E-state index contributed by atoms with van der Waals surface area (Å²) < 4.78 is 14.9. The zero-order valence-electron chi connectivity index (χ0n) is 20.6. The number of benzene rings is 2. The van der Waals surface area contributed by atoms with Gasteiger partial charge in [-0.3, -0.25) is 9.48 Å². The molecule has 0 aliphatic carbocycles. The van der Waals surface area contributed by atoms with E-state index in [9.17, 15) is 9.18 Å². The monoisotopic (exact) mass is 485 g/mol. The predicted molar refractivity (Wildman–Crippen MR) is 138 cm³/mol. The number of amides is 1. The summed E-state index contributed by atoms with van der Waals surface area (Å²) in [6.45, 7) is 6.46. The number of aryl methyl sites for hydroxylation is 3. The highest BCUT2D eigenvalue weighted by molar-refractivity contribution is 5.94. The van der Waals surface area contributed by atoms with Crippen molar-refractivity contribution in [3.8, 4) is 11.3 Å². The Bertz CT molecular complexity index is 1370. The quantitative estimate of drug-likeness (QED) is 0.453. The second kappa shape index (κ2) is 9.77. The number of aromatic nitrogens is 4. The van der Waals surface area contributed by atoms with Crippen molar-refractivity contribution >= 4 is 23.4 Å². The molecule has 1 aliphatic heterocycles. The molecule has 0 saturated carbocycles. The topological polar surface area (TPSA) is 79.2 Å². The number of nitrogens with one attached hydrogen (secondary N) is 1. The van der Waals surface area contributed by atoms with Crippen LogP contribution in [0.15, 0.2) is 60.7 Å². The molecule has 0 unspecified atom stereocenters. The fourth-order valence-corrected chi connectivity index (χ4v) is 4.27. The van der Waals surface area contributed by atoms with Crippen LogP contribution in [0.1, 0.15) is 21.7 Å². The van der Waals surface area contributed by atoms with Gasteiger partial charge < -0.3 is 15.1 Å². The fourth-order valence-electron chi connectivity index (χ4n) is 4.27. The molecule has 4 aromatic rings. The van der Waals surface area contributed by atoms with E-state index in [0.717, 1.165) is 22.8 Å². The number of carbonyl (C=O) groups excluding carboxylic acids is 1. The highest BCUT2D eigenvalue weighted by Gasteiger charge is 2.26. The molecule has 0 radical (unpaired) electrons. The van der Waals surface area contributed by atoms with Crippen LogP contribution in [0, 0.1) is 19.7 Å². The lowest BCUT2D eigenvalue weighted by Crippen LogP contribution is -2.49. The SMILES string of the molecule is Cc1ccc(Nc2nc(C)cc(N3CCN(C(=O)c4cc(-c5ccc(F)cc5)nn4C)CC3)n2)cc1. The summed E-state index contributed by atoms with van der Waals surface area (Å²) in [5.41, 5.74) is 4.91. The van der Waals surface area contributed by atoms with Crippen LogP contribution in [-0.4, -0.2) is 56.7 Å². The Labute approximate surface area is 209 Å². The van der Waals surface area contributed by atoms with Gasteiger partial charge in [0.2, 0.25) is 5.95 Å². The van der Waals surface area contributed by atoms with E-state index in [-0.39, 0.29) is 11.7 Å². The lowest BCUT2D eigenvalue weighted by atomic mass is 10.1. The van der Waals surface area contributed by atoms with Crippen molar-refractivity contribution < 1.29 is 9.18 Å². The molecule has 0 bridgehead atoms. The molecule has 9 heteroatoms. The van der Waals surface area contributed by atoms with Crippen molar-refractivity contribution in [1.82, 2.24) is 24.6 Å². The number of hydrogen-bond donors (Lipinski definition) is 1. The summed E-state index contributed by atoms with van der Waals surface area (Å²) in [6, 6.07) is 17.9. The molecule has 184 valence electrons. The molecule has 1 aliphatic rings. The first-order valence-electron chi connectivity index (χ1n) is 11.9. The molecule has 2 aromatic heterocycles. The van der Waals surface area contributed by atoms with Crippen molar-refractivity contribution in [3.05, 3.63) is 83.4 Å². The molecule has 3 heterocycles. The molecule has 1 saturated heterocycles. The van der Waals surface area contributed by atoms with E-state index in [1.807, 2.05) is 49.1 Å². The minimum Gasteiger partial charge on any atom is -0.353 e. The summed E-state index contributed by atoms with van der Waals surface area (Å²) >= 11 is 0. The normalized spacial score (nSPS) is 13.7. The van der Waals surface area contributed by atoms with Gasteiger partial charge in [-0.15, -0.1) is 0 Å². The van der Waals surface area contributed by atoms with Crippen LogP contribution < -0.4 is 10.2 Å². The van der Waals surface area contributed by atoms with Crippen molar-refractivity contribution in [3.63, 3.8) is 0 Å². The summed E-state index contributed by atoms with van der Waals surface area (Å²) in [5, 5.41) is 7.74. The van der Waals surface area contributed by atoms with Crippen LogP contribution in [0.3, 0.4) is 0 Å². The van der Waals surface area contributed by atoms with Gasteiger partial charge in [-0.05, 0) is 56.3 Å². The first kappa shape index (κ1) is 23.5. The van der Waals surface area contributed by atoms with Crippen molar-refractivity contribution in [1.29, 1.82) is 0 Å². The molecule has 1 amide bonds. The third-order valence-electron chi connectivity index (χ3n) is 6.28. The number of rotatable bonds is 5. The minimum absolute atomic E-state index is 0.0707. The molecule has 1 N–H and O–H groups in total. The second-order valence-corrected chi connectivity index (χ2v) is 9.01. The van der Waals surface area contributed by atoms with Gasteiger partial charge in [-0.2, -0.15) is 10.1 Å². The van der Waals surface area contributed by atoms with Gasteiger partial charge in [0.1, 0.15) is 17.3 Å². The number of halogens is 1. The summed E-state index contributed by atoms with van der Waals surface area (Å²) in [4.78, 5) is 26.5. The Hall–Kier alpha value is -4.27. The van der Waals surface area contributed by atoms with Crippen LogP contribution in [0.4, 0.5) is 21.8 Å². The van der Waals surface area contributed by atoms with E-state index >= 15 is 0 Å². The van der Waals surface area contributed by atoms with Gasteiger partial charge in [-0.1, -0.05) is 17.7 Å². The Kier molecular flexibility index (Phi) is 6.37. The van der Waals surface area contributed by atoms with E-state index in [1.54, 1.807) is 29.9 Å². The Morgan fingerprint density at radius 1 is 0.917 bits per heavy atom. The highest BCUT2D eigenvalue weighted by Crippen LogP contribution is 2.23. The van der Waals surface area contributed by atoms with E-state index in [0.29, 0.717) is 43.5 Å². The third-order valence-corrected chi connectivity index (χ3v) is 6.28. The first-order chi connectivity index (χ1) is 17.4. The van der Waals surface area contributed by atoms with Crippen LogP contribution >= 0.6 is 0 Å². The van der Waals surface area contributed by atoms with Gasteiger partial charge >= 0.3 is 0 Å². The van der Waals surface area contributed by atoms with E-state index < -0.39 is 0 Å². The molecule has 8 nitrogen and oxygen atoms in total. The minimum atomic E-state index is -0.305.